The van der Waals surface area contributed by atoms with Crippen molar-refractivity contribution in [1.82, 2.24) is 10.4 Å². The number of aromatic nitrogens is 1. The Balaban J connectivity index is 2.18. The number of hydrazine groups is 1. The van der Waals surface area contributed by atoms with Crippen molar-refractivity contribution in [2.75, 3.05) is 0 Å². The lowest BCUT2D eigenvalue weighted by Gasteiger charge is -2.15. The van der Waals surface area contributed by atoms with Gasteiger partial charge in [-0.15, -0.1) is 0 Å². The second-order valence-electron chi connectivity index (χ2n) is 3.93. The first-order valence-corrected chi connectivity index (χ1v) is 6.27. The third kappa shape index (κ3) is 3.21. The van der Waals surface area contributed by atoms with Crippen LogP contribution in [-0.4, -0.2) is 4.98 Å². The van der Waals surface area contributed by atoms with Gasteiger partial charge >= 0.3 is 0 Å². The van der Waals surface area contributed by atoms with E-state index in [1.165, 1.54) is 0 Å². The molecule has 1 aromatic heterocycles. The van der Waals surface area contributed by atoms with Gasteiger partial charge in [0, 0.05) is 6.20 Å². The highest BCUT2D eigenvalue weighted by molar-refractivity contribution is 6.42. The number of nitrogens with one attached hydrogen (secondary N) is 1. The van der Waals surface area contributed by atoms with E-state index in [0.29, 0.717) is 16.5 Å². The predicted molar refractivity (Wildman–Crippen MR) is 74.5 cm³/mol. The van der Waals surface area contributed by atoms with Gasteiger partial charge < -0.3 is 0 Å². The minimum Gasteiger partial charge on any atom is -0.271 e. The van der Waals surface area contributed by atoms with Gasteiger partial charge in [0.15, 0.2) is 0 Å². The molecule has 2 aromatic rings. The maximum Gasteiger partial charge on any atom is 0.0672 e. The summed E-state index contributed by atoms with van der Waals surface area (Å²) in [6, 6.07) is 11.2. The summed E-state index contributed by atoms with van der Waals surface area (Å²) >= 11 is 11.9. The Bertz CT molecular complexity index is 517. The molecule has 3 N–H and O–H groups in total. The molecule has 2 rings (SSSR count). The standard InChI is InChI=1S/C13H13Cl2N3/c14-10-5-4-9(7-11(10)15)8-13(18-16)12-3-1-2-6-17-12/h1-7,13,18H,8,16H2. The summed E-state index contributed by atoms with van der Waals surface area (Å²) in [7, 11) is 0. The van der Waals surface area contributed by atoms with Crippen LogP contribution < -0.4 is 11.3 Å². The zero-order valence-electron chi connectivity index (χ0n) is 9.61. The molecule has 0 amide bonds. The van der Waals surface area contributed by atoms with Crippen LogP contribution in [0.1, 0.15) is 17.3 Å². The smallest absolute Gasteiger partial charge is 0.0672 e. The van der Waals surface area contributed by atoms with Crippen LogP contribution in [0, 0.1) is 0 Å². The highest BCUT2D eigenvalue weighted by Crippen LogP contribution is 2.25. The van der Waals surface area contributed by atoms with Crippen molar-refractivity contribution < 1.29 is 0 Å². The maximum absolute atomic E-state index is 5.99. The number of rotatable bonds is 4. The summed E-state index contributed by atoms with van der Waals surface area (Å²) in [6.07, 6.45) is 2.44. The molecule has 3 nitrogen and oxygen atoms in total. The van der Waals surface area contributed by atoms with E-state index in [1.807, 2.05) is 30.3 Å². The summed E-state index contributed by atoms with van der Waals surface area (Å²) in [6.45, 7) is 0. The van der Waals surface area contributed by atoms with E-state index in [9.17, 15) is 0 Å². The molecule has 1 aromatic carbocycles. The normalized spacial score (nSPS) is 12.4. The van der Waals surface area contributed by atoms with Crippen LogP contribution in [0.4, 0.5) is 0 Å². The monoisotopic (exact) mass is 281 g/mol. The van der Waals surface area contributed by atoms with Crippen molar-refractivity contribution in [3.63, 3.8) is 0 Å². The third-order valence-corrected chi connectivity index (χ3v) is 3.41. The molecule has 0 radical (unpaired) electrons. The average Bonchev–Trinajstić information content (AvgIpc) is 2.41. The van der Waals surface area contributed by atoms with E-state index in [0.717, 1.165) is 11.3 Å². The van der Waals surface area contributed by atoms with E-state index in [-0.39, 0.29) is 6.04 Å². The van der Waals surface area contributed by atoms with Gasteiger partial charge in [0.2, 0.25) is 0 Å². The van der Waals surface area contributed by atoms with Gasteiger partial charge in [-0.05, 0) is 36.2 Å². The molecule has 1 atom stereocenters. The van der Waals surface area contributed by atoms with Crippen molar-refractivity contribution >= 4 is 23.2 Å². The number of nitrogens with two attached hydrogens (primary N) is 1. The number of hydrogen-bond acceptors (Lipinski definition) is 3. The van der Waals surface area contributed by atoms with E-state index in [4.69, 9.17) is 29.0 Å². The molecule has 0 aliphatic rings. The van der Waals surface area contributed by atoms with Crippen LogP contribution in [0.15, 0.2) is 42.6 Å². The van der Waals surface area contributed by atoms with Gasteiger partial charge in [-0.25, -0.2) is 0 Å². The van der Waals surface area contributed by atoms with Crippen molar-refractivity contribution in [3.05, 3.63) is 63.9 Å². The molecule has 1 unspecified atom stereocenters. The van der Waals surface area contributed by atoms with Gasteiger partial charge in [-0.1, -0.05) is 35.3 Å². The van der Waals surface area contributed by atoms with Crippen molar-refractivity contribution in [3.8, 4) is 0 Å². The van der Waals surface area contributed by atoms with E-state index >= 15 is 0 Å². The second kappa shape index (κ2) is 6.16. The van der Waals surface area contributed by atoms with Gasteiger partial charge in [0.1, 0.15) is 0 Å². The first-order chi connectivity index (χ1) is 8.70. The van der Waals surface area contributed by atoms with Crippen LogP contribution in [0.2, 0.25) is 10.0 Å². The molecule has 1 heterocycles. The van der Waals surface area contributed by atoms with Crippen LogP contribution in [0.3, 0.4) is 0 Å². The van der Waals surface area contributed by atoms with Gasteiger partial charge in [-0.3, -0.25) is 16.3 Å². The number of hydrogen-bond donors (Lipinski definition) is 2. The highest BCUT2D eigenvalue weighted by Gasteiger charge is 2.12. The summed E-state index contributed by atoms with van der Waals surface area (Å²) in [5.41, 5.74) is 4.71. The molecule has 0 saturated heterocycles. The van der Waals surface area contributed by atoms with Crippen LogP contribution >= 0.6 is 23.2 Å². The Morgan fingerprint density at radius 2 is 2.00 bits per heavy atom. The molecular weight excluding hydrogens is 269 g/mol. The van der Waals surface area contributed by atoms with E-state index in [1.54, 1.807) is 12.3 Å². The molecule has 0 saturated carbocycles. The minimum absolute atomic E-state index is 0.0524. The number of halogens is 2. The largest absolute Gasteiger partial charge is 0.271 e. The SMILES string of the molecule is NNC(Cc1ccc(Cl)c(Cl)c1)c1ccccn1. The molecule has 0 aliphatic heterocycles. The Morgan fingerprint density at radius 3 is 2.61 bits per heavy atom. The van der Waals surface area contributed by atoms with Crippen molar-refractivity contribution in [1.29, 1.82) is 0 Å². The van der Waals surface area contributed by atoms with Crippen LogP contribution in [0.5, 0.6) is 0 Å². The Labute approximate surface area is 116 Å². The molecule has 0 spiro atoms. The van der Waals surface area contributed by atoms with Gasteiger partial charge in [0.25, 0.3) is 0 Å². The quantitative estimate of drug-likeness (QED) is 0.669. The van der Waals surface area contributed by atoms with Gasteiger partial charge in [-0.2, -0.15) is 0 Å². The van der Waals surface area contributed by atoms with Gasteiger partial charge in [0.05, 0.1) is 21.8 Å². The van der Waals surface area contributed by atoms with Crippen molar-refractivity contribution in [2.45, 2.75) is 12.5 Å². The highest BCUT2D eigenvalue weighted by atomic mass is 35.5. The molecule has 18 heavy (non-hydrogen) atoms. The molecule has 0 fully saturated rings. The average molecular weight is 282 g/mol. The van der Waals surface area contributed by atoms with E-state index in [2.05, 4.69) is 10.4 Å². The molecule has 94 valence electrons. The first-order valence-electron chi connectivity index (χ1n) is 5.51. The fraction of sp³-hybridized carbons (Fsp3) is 0.154. The Kier molecular flexibility index (Phi) is 4.55. The summed E-state index contributed by atoms with van der Waals surface area (Å²) < 4.78 is 0. The first kappa shape index (κ1) is 13.3. The number of pyridine rings is 1. The summed E-state index contributed by atoms with van der Waals surface area (Å²) in [4.78, 5) is 4.28. The topological polar surface area (TPSA) is 50.9 Å². The molecule has 0 bridgehead atoms. The zero-order valence-corrected chi connectivity index (χ0v) is 11.1. The summed E-state index contributed by atoms with van der Waals surface area (Å²) in [5, 5.41) is 1.10. The number of nitrogens with zero attached hydrogens (tertiary/aromatic N) is 1. The zero-order chi connectivity index (χ0) is 13.0. The lowest BCUT2D eigenvalue weighted by Crippen LogP contribution is -2.30. The molecule has 5 heteroatoms. The lowest BCUT2D eigenvalue weighted by atomic mass is 10.0. The van der Waals surface area contributed by atoms with E-state index < -0.39 is 0 Å². The second-order valence-corrected chi connectivity index (χ2v) is 4.74. The summed E-state index contributed by atoms with van der Waals surface area (Å²) in [5.74, 6) is 5.57. The fourth-order valence-corrected chi connectivity index (χ4v) is 2.05. The number of benzene rings is 1. The Morgan fingerprint density at radius 1 is 1.17 bits per heavy atom. The maximum atomic E-state index is 5.99. The predicted octanol–water partition coefficient (Wildman–Crippen LogP) is 3.14. The fourth-order valence-electron chi connectivity index (χ4n) is 1.73. The van der Waals surface area contributed by atoms with Crippen LogP contribution in [-0.2, 0) is 6.42 Å². The lowest BCUT2D eigenvalue weighted by molar-refractivity contribution is 0.538. The Hall–Kier alpha value is -1.13. The third-order valence-electron chi connectivity index (χ3n) is 2.67. The minimum atomic E-state index is -0.0524. The van der Waals surface area contributed by atoms with Crippen LogP contribution in [0.25, 0.3) is 0 Å². The molecule has 0 aliphatic carbocycles. The molecular formula is C13H13Cl2N3. The van der Waals surface area contributed by atoms with Crippen molar-refractivity contribution in [2.24, 2.45) is 5.84 Å².